The van der Waals surface area contributed by atoms with Crippen LogP contribution in [0, 0.1) is 0 Å². The molecular weight excluding hydrogens is 196 g/mol. The molecule has 0 aromatic rings. The van der Waals surface area contributed by atoms with Crippen LogP contribution in [0.5, 0.6) is 0 Å². The minimum absolute atomic E-state index is 0.168. The summed E-state index contributed by atoms with van der Waals surface area (Å²) in [7, 11) is 0. The first-order chi connectivity index (χ1) is 6.53. The van der Waals surface area contributed by atoms with Gasteiger partial charge in [0.2, 0.25) is 0 Å². The second-order valence-electron chi connectivity index (χ2n) is 2.40. The van der Waals surface area contributed by atoms with Crippen molar-refractivity contribution in [1.82, 2.24) is 0 Å². The van der Waals surface area contributed by atoms with Gasteiger partial charge in [0, 0.05) is 0 Å². The Morgan fingerprint density at radius 3 is 1.43 bits per heavy atom. The number of hydrogen-bond donors (Lipinski definition) is 6. The van der Waals surface area contributed by atoms with Gasteiger partial charge in [-0.3, -0.25) is 0 Å². The Kier molecular flexibility index (Phi) is 11.9. The molecule has 0 radical (unpaired) electrons. The minimum Gasteiger partial charge on any atom is -0.394 e. The van der Waals surface area contributed by atoms with Crippen molar-refractivity contribution in [1.29, 1.82) is 0 Å². The first-order valence-electron chi connectivity index (χ1n) is 3.85. The van der Waals surface area contributed by atoms with E-state index in [1.54, 1.807) is 0 Å². The minimum atomic E-state index is -1.46. The van der Waals surface area contributed by atoms with E-state index in [0.717, 1.165) is 0 Å². The molecule has 7 nitrogen and oxygen atoms in total. The van der Waals surface area contributed by atoms with Gasteiger partial charge >= 0.3 is 0 Å². The van der Waals surface area contributed by atoms with Crippen molar-refractivity contribution < 1.29 is 35.4 Å². The van der Waals surface area contributed by atoms with Crippen molar-refractivity contribution in [2.45, 2.75) is 18.3 Å². The number of rotatable bonds is 5. The SMILES string of the molecule is O=C[C@H](O)[C@H](O)CO.OCC(O)CO. The quantitative estimate of drug-likeness (QED) is 0.257. The first kappa shape index (κ1) is 15.9. The van der Waals surface area contributed by atoms with Crippen LogP contribution in [0.4, 0.5) is 0 Å². The van der Waals surface area contributed by atoms with E-state index < -0.39 is 24.9 Å². The number of aldehydes is 1. The molecule has 0 amide bonds. The van der Waals surface area contributed by atoms with Gasteiger partial charge in [-0.15, -0.1) is 0 Å². The fraction of sp³-hybridized carbons (Fsp3) is 0.857. The highest BCUT2D eigenvalue weighted by molar-refractivity contribution is 5.56. The van der Waals surface area contributed by atoms with Gasteiger partial charge < -0.3 is 35.4 Å². The Hall–Kier alpha value is -0.570. The van der Waals surface area contributed by atoms with Crippen LogP contribution in [-0.4, -0.2) is 75.1 Å². The summed E-state index contributed by atoms with van der Waals surface area (Å²) in [5.74, 6) is 0. The molecule has 0 aliphatic carbocycles. The zero-order valence-corrected chi connectivity index (χ0v) is 7.52. The van der Waals surface area contributed by atoms with Gasteiger partial charge in [-0.1, -0.05) is 0 Å². The Labute approximate surface area is 80.9 Å². The van der Waals surface area contributed by atoms with Crippen LogP contribution in [0.2, 0.25) is 0 Å². The Morgan fingerprint density at radius 2 is 1.36 bits per heavy atom. The van der Waals surface area contributed by atoms with Crippen LogP contribution in [0.25, 0.3) is 0 Å². The molecule has 0 rings (SSSR count). The zero-order valence-electron chi connectivity index (χ0n) is 7.52. The molecular formula is C7H16O7. The summed E-state index contributed by atoms with van der Waals surface area (Å²) in [4.78, 5) is 9.58. The molecule has 0 fully saturated rings. The second-order valence-corrected chi connectivity index (χ2v) is 2.40. The Balaban J connectivity index is 0. The third-order valence-corrected chi connectivity index (χ3v) is 1.14. The maximum absolute atomic E-state index is 9.58. The van der Waals surface area contributed by atoms with Crippen LogP contribution in [0.15, 0.2) is 0 Å². The molecule has 0 aromatic heterocycles. The predicted octanol–water partition coefficient (Wildman–Crippen LogP) is -3.77. The summed E-state index contributed by atoms with van der Waals surface area (Å²) in [6, 6.07) is 0. The Bertz CT molecular complexity index is 125. The van der Waals surface area contributed by atoms with E-state index >= 15 is 0 Å². The van der Waals surface area contributed by atoms with Gasteiger partial charge in [0.25, 0.3) is 0 Å². The average molecular weight is 212 g/mol. The number of aliphatic hydroxyl groups excluding tert-OH is 6. The van der Waals surface area contributed by atoms with Crippen LogP contribution in [-0.2, 0) is 4.79 Å². The summed E-state index contributed by atoms with van der Waals surface area (Å²) in [5.41, 5.74) is 0. The van der Waals surface area contributed by atoms with E-state index in [9.17, 15) is 4.79 Å². The van der Waals surface area contributed by atoms with Gasteiger partial charge in [-0.25, -0.2) is 0 Å². The molecule has 0 aliphatic rings. The van der Waals surface area contributed by atoms with Crippen LogP contribution >= 0.6 is 0 Å². The third kappa shape index (κ3) is 9.52. The van der Waals surface area contributed by atoms with Gasteiger partial charge in [0.1, 0.15) is 18.3 Å². The second kappa shape index (κ2) is 10.5. The molecule has 0 aliphatic heterocycles. The summed E-state index contributed by atoms with van der Waals surface area (Å²) < 4.78 is 0. The summed E-state index contributed by atoms with van der Waals surface area (Å²) in [5, 5.41) is 48.8. The topological polar surface area (TPSA) is 138 Å². The van der Waals surface area contributed by atoms with E-state index in [4.69, 9.17) is 30.6 Å². The van der Waals surface area contributed by atoms with Gasteiger partial charge in [0.15, 0.2) is 6.29 Å². The highest BCUT2D eigenvalue weighted by Gasteiger charge is 2.12. The third-order valence-electron chi connectivity index (χ3n) is 1.14. The van der Waals surface area contributed by atoms with Gasteiger partial charge in [-0.05, 0) is 0 Å². The summed E-state index contributed by atoms with van der Waals surface area (Å²) in [6.45, 7) is -1.33. The van der Waals surface area contributed by atoms with E-state index in [1.807, 2.05) is 0 Å². The lowest BCUT2D eigenvalue weighted by Gasteiger charge is -2.06. The zero-order chi connectivity index (χ0) is 11.6. The van der Waals surface area contributed by atoms with Crippen LogP contribution in [0.3, 0.4) is 0 Å². The van der Waals surface area contributed by atoms with Crippen molar-refractivity contribution in [3.8, 4) is 0 Å². The van der Waals surface area contributed by atoms with Crippen molar-refractivity contribution in [2.75, 3.05) is 19.8 Å². The molecule has 0 aromatic carbocycles. The number of hydrogen-bond acceptors (Lipinski definition) is 7. The van der Waals surface area contributed by atoms with Crippen LogP contribution in [0.1, 0.15) is 0 Å². The lowest BCUT2D eigenvalue weighted by atomic mass is 10.2. The monoisotopic (exact) mass is 212 g/mol. The number of aliphatic hydroxyl groups is 6. The molecule has 14 heavy (non-hydrogen) atoms. The van der Waals surface area contributed by atoms with Crippen molar-refractivity contribution >= 4 is 6.29 Å². The van der Waals surface area contributed by atoms with Crippen molar-refractivity contribution in [3.05, 3.63) is 0 Å². The molecule has 7 heteroatoms. The van der Waals surface area contributed by atoms with E-state index in [1.165, 1.54) is 0 Å². The fourth-order valence-corrected chi connectivity index (χ4v) is 0.256. The molecule has 6 N–H and O–H groups in total. The first-order valence-corrected chi connectivity index (χ1v) is 3.85. The van der Waals surface area contributed by atoms with Crippen molar-refractivity contribution in [3.63, 3.8) is 0 Å². The Morgan fingerprint density at radius 1 is 0.929 bits per heavy atom. The smallest absolute Gasteiger partial charge is 0.151 e. The summed E-state index contributed by atoms with van der Waals surface area (Å²) in [6.07, 6.45) is -3.58. The maximum Gasteiger partial charge on any atom is 0.151 e. The molecule has 2 atom stereocenters. The highest BCUT2D eigenvalue weighted by atomic mass is 16.4. The standard InChI is InChI=1S/C4H8O4.C3H8O3/c5-1-3(7)4(8)2-6;4-1-3(6)2-5/h1,3-4,6-8H,2H2;3-6H,1-2H2/t3-,4+;/m0./s1. The molecule has 86 valence electrons. The predicted molar refractivity (Wildman–Crippen MR) is 45.3 cm³/mol. The van der Waals surface area contributed by atoms with Crippen LogP contribution < -0.4 is 0 Å². The average Bonchev–Trinajstić information content (AvgIpc) is 2.26. The lowest BCUT2D eigenvalue weighted by Crippen LogP contribution is -2.30. The van der Waals surface area contributed by atoms with Crippen molar-refractivity contribution in [2.24, 2.45) is 0 Å². The molecule has 0 saturated heterocycles. The molecule has 0 bridgehead atoms. The maximum atomic E-state index is 9.58. The summed E-state index contributed by atoms with van der Waals surface area (Å²) >= 11 is 0. The van der Waals surface area contributed by atoms with E-state index in [-0.39, 0.29) is 19.5 Å². The molecule has 0 saturated carbocycles. The molecule has 0 unspecified atom stereocenters. The van der Waals surface area contributed by atoms with Gasteiger partial charge in [0.05, 0.1) is 19.8 Å². The number of carbonyl (C=O) groups excluding carboxylic acids is 1. The normalized spacial score (nSPS) is 14.2. The fourth-order valence-electron chi connectivity index (χ4n) is 0.256. The van der Waals surface area contributed by atoms with E-state index in [2.05, 4.69) is 0 Å². The number of carbonyl (C=O) groups is 1. The van der Waals surface area contributed by atoms with Gasteiger partial charge in [-0.2, -0.15) is 0 Å². The molecule has 0 spiro atoms. The highest BCUT2D eigenvalue weighted by Crippen LogP contribution is 1.85. The largest absolute Gasteiger partial charge is 0.394 e. The molecule has 0 heterocycles. The van der Waals surface area contributed by atoms with E-state index in [0.29, 0.717) is 0 Å². The lowest BCUT2D eigenvalue weighted by molar-refractivity contribution is -0.121.